The quantitative estimate of drug-likeness (QED) is 0.392. The van der Waals surface area contributed by atoms with Crippen LogP contribution in [0.25, 0.3) is 33.1 Å². The molecule has 120 valence electrons. The van der Waals surface area contributed by atoms with Crippen molar-refractivity contribution in [1.82, 2.24) is 9.97 Å². The van der Waals surface area contributed by atoms with Gasteiger partial charge in [-0.25, -0.2) is 4.98 Å². The van der Waals surface area contributed by atoms with Crippen molar-refractivity contribution in [3.05, 3.63) is 72.4 Å². The number of fused-ring (bicyclic) bond motifs is 3. The van der Waals surface area contributed by atoms with Gasteiger partial charge < -0.3 is 0 Å². The highest BCUT2D eigenvalue weighted by Crippen LogP contribution is 2.26. The smallest absolute Gasteiger partial charge is 0.0972 e. The molecule has 4 rings (SSSR count). The molecule has 2 nitrogen and oxygen atoms in total. The lowest BCUT2D eigenvalue weighted by molar-refractivity contribution is 1.09. The van der Waals surface area contributed by atoms with E-state index in [1.165, 1.54) is 6.42 Å². The minimum absolute atomic E-state index is 0.970. The van der Waals surface area contributed by atoms with Crippen LogP contribution in [0.4, 0.5) is 0 Å². The average molecular weight is 314 g/mol. The number of hydrogen-bond donors (Lipinski definition) is 0. The summed E-state index contributed by atoms with van der Waals surface area (Å²) in [5.41, 5.74) is 5.08. The van der Waals surface area contributed by atoms with Crippen molar-refractivity contribution in [1.29, 1.82) is 0 Å². The highest BCUT2D eigenvalue weighted by molar-refractivity contribution is 6.03. The normalized spacial score (nSPS) is 10.5. The zero-order valence-corrected chi connectivity index (χ0v) is 14.5. The highest BCUT2D eigenvalue weighted by atomic mass is 14.8. The fraction of sp³-hybridized carbons (Fsp3) is 0.182. The van der Waals surface area contributed by atoms with Gasteiger partial charge in [0.25, 0.3) is 0 Å². The Balaban J connectivity index is 0.000000526. The summed E-state index contributed by atoms with van der Waals surface area (Å²) >= 11 is 0. The summed E-state index contributed by atoms with van der Waals surface area (Å²) in [6.07, 6.45) is 1.25. The van der Waals surface area contributed by atoms with Crippen LogP contribution in [0.2, 0.25) is 0 Å². The molecule has 0 N–H and O–H groups in total. The molecule has 2 aromatic heterocycles. The largest absolute Gasteiger partial charge is 0.251 e. The van der Waals surface area contributed by atoms with E-state index in [2.05, 4.69) is 61.3 Å². The third kappa shape index (κ3) is 3.28. The zero-order chi connectivity index (χ0) is 16.9. The molecule has 0 aliphatic carbocycles. The highest BCUT2D eigenvalue weighted by Gasteiger charge is 2.06. The van der Waals surface area contributed by atoms with Gasteiger partial charge in [0, 0.05) is 22.0 Å². The van der Waals surface area contributed by atoms with Crippen molar-refractivity contribution in [2.75, 3.05) is 0 Å². The molecule has 2 aromatic carbocycles. The molecule has 0 saturated heterocycles. The lowest BCUT2D eigenvalue weighted by Gasteiger charge is -2.06. The first kappa shape index (κ1) is 16.1. The molecule has 0 spiro atoms. The molecule has 2 heterocycles. The zero-order valence-electron chi connectivity index (χ0n) is 14.5. The predicted octanol–water partition coefficient (Wildman–Crippen LogP) is 6.17. The Labute approximate surface area is 143 Å². The standard InChI is InChI=1S/C19H14N2.C3H8/c1-13-7-8-15-9-10-16-11-12-17(14-5-3-2-4-6-14)21-19(16)18(15)20-13;1-3-2/h2-12H,1H3;3H2,1-2H3. The van der Waals surface area contributed by atoms with Gasteiger partial charge in [-0.05, 0) is 19.1 Å². The fourth-order valence-corrected chi connectivity index (χ4v) is 2.63. The second-order valence-electron chi connectivity index (χ2n) is 5.93. The van der Waals surface area contributed by atoms with Crippen molar-refractivity contribution in [3.63, 3.8) is 0 Å². The van der Waals surface area contributed by atoms with Gasteiger partial charge in [0.15, 0.2) is 0 Å². The molecule has 0 radical (unpaired) electrons. The Morgan fingerprint density at radius 3 is 1.88 bits per heavy atom. The van der Waals surface area contributed by atoms with Gasteiger partial charge in [-0.3, -0.25) is 4.98 Å². The molecule has 4 aromatic rings. The minimum Gasteiger partial charge on any atom is -0.251 e. The summed E-state index contributed by atoms with van der Waals surface area (Å²) in [6.45, 7) is 6.26. The van der Waals surface area contributed by atoms with E-state index < -0.39 is 0 Å². The van der Waals surface area contributed by atoms with E-state index >= 15 is 0 Å². The Morgan fingerprint density at radius 1 is 0.667 bits per heavy atom. The van der Waals surface area contributed by atoms with Gasteiger partial charge >= 0.3 is 0 Å². The van der Waals surface area contributed by atoms with Crippen LogP contribution in [0.1, 0.15) is 26.0 Å². The molecular formula is C22H22N2. The van der Waals surface area contributed by atoms with Crippen LogP contribution in [-0.4, -0.2) is 9.97 Å². The van der Waals surface area contributed by atoms with E-state index in [1.807, 2.05) is 31.2 Å². The average Bonchev–Trinajstić information content (AvgIpc) is 2.62. The van der Waals surface area contributed by atoms with Crippen LogP contribution in [0.3, 0.4) is 0 Å². The summed E-state index contributed by atoms with van der Waals surface area (Å²) in [5, 5.41) is 2.26. The number of aryl methyl sites for hydroxylation is 1. The topological polar surface area (TPSA) is 25.8 Å². The SMILES string of the molecule is CCC.Cc1ccc2ccc3ccc(-c4ccccc4)nc3c2n1. The Kier molecular flexibility index (Phi) is 4.85. The minimum atomic E-state index is 0.970. The molecule has 0 bridgehead atoms. The van der Waals surface area contributed by atoms with Crippen molar-refractivity contribution >= 4 is 21.8 Å². The predicted molar refractivity (Wildman–Crippen MR) is 103 cm³/mol. The van der Waals surface area contributed by atoms with Crippen LogP contribution in [-0.2, 0) is 0 Å². The summed E-state index contributed by atoms with van der Waals surface area (Å²) in [5.74, 6) is 0. The van der Waals surface area contributed by atoms with Gasteiger partial charge in [-0.1, -0.05) is 74.9 Å². The van der Waals surface area contributed by atoms with E-state index in [0.29, 0.717) is 0 Å². The number of nitrogens with zero attached hydrogens (tertiary/aromatic N) is 2. The monoisotopic (exact) mass is 314 g/mol. The summed E-state index contributed by atoms with van der Waals surface area (Å²) in [6, 6.07) is 22.8. The molecular weight excluding hydrogens is 292 g/mol. The van der Waals surface area contributed by atoms with Crippen molar-refractivity contribution in [3.8, 4) is 11.3 Å². The number of pyridine rings is 2. The lowest BCUT2D eigenvalue weighted by Crippen LogP contribution is -1.90. The van der Waals surface area contributed by atoms with E-state index in [9.17, 15) is 0 Å². The van der Waals surface area contributed by atoms with Crippen LogP contribution < -0.4 is 0 Å². The van der Waals surface area contributed by atoms with E-state index in [0.717, 1.165) is 38.8 Å². The number of aromatic nitrogens is 2. The Bertz CT molecular complexity index is 959. The molecule has 0 unspecified atom stereocenters. The summed E-state index contributed by atoms with van der Waals surface area (Å²) in [7, 11) is 0. The van der Waals surface area contributed by atoms with E-state index in [4.69, 9.17) is 4.98 Å². The van der Waals surface area contributed by atoms with Gasteiger partial charge in [0.2, 0.25) is 0 Å². The molecule has 0 saturated carbocycles. The molecule has 0 aliphatic rings. The van der Waals surface area contributed by atoms with Gasteiger partial charge in [0.1, 0.15) is 0 Å². The lowest BCUT2D eigenvalue weighted by atomic mass is 10.1. The van der Waals surface area contributed by atoms with Crippen molar-refractivity contribution in [2.24, 2.45) is 0 Å². The first-order valence-electron chi connectivity index (χ1n) is 8.45. The second kappa shape index (κ2) is 7.22. The van der Waals surface area contributed by atoms with E-state index in [1.54, 1.807) is 0 Å². The molecule has 0 aliphatic heterocycles. The molecule has 24 heavy (non-hydrogen) atoms. The molecule has 0 atom stereocenters. The Hall–Kier alpha value is -2.74. The van der Waals surface area contributed by atoms with E-state index in [-0.39, 0.29) is 0 Å². The number of benzene rings is 2. The maximum atomic E-state index is 4.85. The molecule has 2 heteroatoms. The van der Waals surface area contributed by atoms with Crippen LogP contribution in [0, 0.1) is 6.92 Å². The van der Waals surface area contributed by atoms with Gasteiger partial charge in [0.05, 0.1) is 16.7 Å². The van der Waals surface area contributed by atoms with Crippen LogP contribution in [0.5, 0.6) is 0 Å². The Morgan fingerprint density at radius 2 is 1.21 bits per heavy atom. The summed E-state index contributed by atoms with van der Waals surface area (Å²) in [4.78, 5) is 9.53. The first-order chi connectivity index (χ1) is 11.7. The number of hydrogen-bond acceptors (Lipinski definition) is 2. The van der Waals surface area contributed by atoms with Crippen LogP contribution >= 0.6 is 0 Å². The summed E-state index contributed by atoms with van der Waals surface area (Å²) < 4.78 is 0. The van der Waals surface area contributed by atoms with Crippen molar-refractivity contribution in [2.45, 2.75) is 27.2 Å². The third-order valence-electron chi connectivity index (χ3n) is 3.73. The van der Waals surface area contributed by atoms with Gasteiger partial charge in [-0.2, -0.15) is 0 Å². The van der Waals surface area contributed by atoms with Crippen molar-refractivity contribution < 1.29 is 0 Å². The maximum absolute atomic E-state index is 4.85. The fourth-order valence-electron chi connectivity index (χ4n) is 2.63. The molecule has 0 fully saturated rings. The third-order valence-corrected chi connectivity index (χ3v) is 3.73. The maximum Gasteiger partial charge on any atom is 0.0972 e. The second-order valence-corrected chi connectivity index (χ2v) is 5.93. The van der Waals surface area contributed by atoms with Crippen LogP contribution in [0.15, 0.2) is 66.7 Å². The van der Waals surface area contributed by atoms with Gasteiger partial charge in [-0.15, -0.1) is 0 Å². The number of rotatable bonds is 1. The first-order valence-corrected chi connectivity index (χ1v) is 8.45. The molecule has 0 amide bonds.